The monoisotopic (exact) mass is 257 g/mol. The van der Waals surface area contributed by atoms with Gasteiger partial charge in [0.15, 0.2) is 0 Å². The normalized spacial score (nSPS) is 16.9. The van der Waals surface area contributed by atoms with E-state index >= 15 is 0 Å². The summed E-state index contributed by atoms with van der Waals surface area (Å²) in [4.78, 5) is 13.9. The third kappa shape index (κ3) is 5.83. The lowest BCUT2D eigenvalue weighted by atomic mass is 9.91. The standard InChI is InChI=1S/C14H31N3O/c1-7-8-16-14(5,13(15)18)9-12(4)17(6)10-11(2)3/h11-12,16H,7-10H2,1-6H3,(H2,15,18). The summed E-state index contributed by atoms with van der Waals surface area (Å²) in [6, 6.07) is 0.328. The largest absolute Gasteiger partial charge is 0.368 e. The van der Waals surface area contributed by atoms with Crippen LogP contribution in [-0.2, 0) is 4.79 Å². The van der Waals surface area contributed by atoms with Crippen molar-refractivity contribution in [3.05, 3.63) is 0 Å². The van der Waals surface area contributed by atoms with E-state index in [0.29, 0.717) is 12.0 Å². The van der Waals surface area contributed by atoms with Gasteiger partial charge in [-0.3, -0.25) is 4.79 Å². The van der Waals surface area contributed by atoms with Crippen LogP contribution in [0.2, 0.25) is 0 Å². The molecule has 0 heterocycles. The van der Waals surface area contributed by atoms with Gasteiger partial charge >= 0.3 is 0 Å². The third-order valence-corrected chi connectivity index (χ3v) is 3.42. The molecule has 0 aromatic carbocycles. The van der Waals surface area contributed by atoms with E-state index in [-0.39, 0.29) is 5.91 Å². The number of nitrogens with one attached hydrogen (secondary N) is 1. The van der Waals surface area contributed by atoms with Gasteiger partial charge in [0.1, 0.15) is 0 Å². The molecule has 18 heavy (non-hydrogen) atoms. The molecule has 0 rings (SSSR count). The molecule has 108 valence electrons. The molecule has 2 atom stereocenters. The van der Waals surface area contributed by atoms with Gasteiger partial charge in [-0.25, -0.2) is 0 Å². The van der Waals surface area contributed by atoms with Crippen LogP contribution in [0.5, 0.6) is 0 Å². The van der Waals surface area contributed by atoms with Crippen molar-refractivity contribution in [2.75, 3.05) is 20.1 Å². The first-order chi connectivity index (χ1) is 8.23. The fraction of sp³-hybridized carbons (Fsp3) is 0.929. The van der Waals surface area contributed by atoms with E-state index in [4.69, 9.17) is 5.73 Å². The summed E-state index contributed by atoms with van der Waals surface area (Å²) in [6.45, 7) is 12.4. The first-order valence-corrected chi connectivity index (χ1v) is 6.98. The second kappa shape index (κ2) is 7.74. The minimum atomic E-state index is -0.610. The molecule has 0 saturated heterocycles. The zero-order chi connectivity index (χ0) is 14.3. The number of primary amides is 1. The van der Waals surface area contributed by atoms with Crippen molar-refractivity contribution in [2.24, 2.45) is 11.7 Å². The number of carbonyl (C=O) groups is 1. The molecule has 0 aliphatic carbocycles. The number of carbonyl (C=O) groups excluding carboxylic acids is 1. The molecule has 0 radical (unpaired) electrons. The van der Waals surface area contributed by atoms with E-state index in [9.17, 15) is 4.79 Å². The first-order valence-electron chi connectivity index (χ1n) is 6.98. The Balaban J connectivity index is 4.52. The summed E-state index contributed by atoms with van der Waals surface area (Å²) in [5.74, 6) is 0.363. The molecule has 0 fully saturated rings. The molecule has 4 nitrogen and oxygen atoms in total. The molecule has 0 aromatic heterocycles. The highest BCUT2D eigenvalue weighted by molar-refractivity contribution is 5.84. The average Bonchev–Trinajstić information content (AvgIpc) is 2.25. The van der Waals surface area contributed by atoms with Crippen LogP contribution in [0.3, 0.4) is 0 Å². The Bertz CT molecular complexity index is 255. The van der Waals surface area contributed by atoms with Crippen molar-refractivity contribution in [1.29, 1.82) is 0 Å². The van der Waals surface area contributed by atoms with Crippen LogP contribution in [0, 0.1) is 5.92 Å². The van der Waals surface area contributed by atoms with Crippen molar-refractivity contribution in [1.82, 2.24) is 10.2 Å². The second-order valence-corrected chi connectivity index (χ2v) is 6.01. The Morgan fingerprint density at radius 1 is 1.39 bits per heavy atom. The summed E-state index contributed by atoms with van der Waals surface area (Å²) in [6.07, 6.45) is 1.74. The van der Waals surface area contributed by atoms with E-state index in [2.05, 4.69) is 45.0 Å². The van der Waals surface area contributed by atoms with Gasteiger partial charge in [-0.2, -0.15) is 0 Å². The number of nitrogens with two attached hydrogens (primary N) is 1. The van der Waals surface area contributed by atoms with Gasteiger partial charge in [0, 0.05) is 12.6 Å². The summed E-state index contributed by atoms with van der Waals surface area (Å²) in [7, 11) is 2.10. The van der Waals surface area contributed by atoms with Gasteiger partial charge in [0.05, 0.1) is 5.54 Å². The highest BCUT2D eigenvalue weighted by Gasteiger charge is 2.33. The molecule has 1 amide bonds. The number of hydrogen-bond acceptors (Lipinski definition) is 3. The van der Waals surface area contributed by atoms with Gasteiger partial charge in [-0.1, -0.05) is 20.8 Å². The smallest absolute Gasteiger partial charge is 0.237 e. The van der Waals surface area contributed by atoms with Crippen molar-refractivity contribution in [3.8, 4) is 0 Å². The Hall–Kier alpha value is -0.610. The van der Waals surface area contributed by atoms with E-state index in [0.717, 1.165) is 25.9 Å². The van der Waals surface area contributed by atoms with Gasteiger partial charge < -0.3 is 16.0 Å². The zero-order valence-electron chi connectivity index (χ0n) is 12.9. The van der Waals surface area contributed by atoms with Crippen LogP contribution in [0.25, 0.3) is 0 Å². The van der Waals surface area contributed by atoms with Crippen LogP contribution in [0.15, 0.2) is 0 Å². The maximum atomic E-state index is 11.6. The Kier molecular flexibility index (Phi) is 7.48. The van der Waals surface area contributed by atoms with Crippen LogP contribution in [-0.4, -0.2) is 42.5 Å². The van der Waals surface area contributed by atoms with Gasteiger partial charge in [0.25, 0.3) is 0 Å². The van der Waals surface area contributed by atoms with Crippen LogP contribution in [0.4, 0.5) is 0 Å². The van der Waals surface area contributed by atoms with Gasteiger partial charge in [-0.15, -0.1) is 0 Å². The lowest BCUT2D eigenvalue weighted by Gasteiger charge is -2.35. The highest BCUT2D eigenvalue weighted by Crippen LogP contribution is 2.16. The average molecular weight is 257 g/mol. The van der Waals surface area contributed by atoms with Crippen molar-refractivity contribution < 1.29 is 4.79 Å². The maximum Gasteiger partial charge on any atom is 0.237 e. The summed E-state index contributed by atoms with van der Waals surface area (Å²) in [5, 5.41) is 3.28. The second-order valence-electron chi connectivity index (χ2n) is 6.01. The van der Waals surface area contributed by atoms with E-state index in [1.165, 1.54) is 0 Å². The molecular formula is C14H31N3O. The summed E-state index contributed by atoms with van der Waals surface area (Å²) < 4.78 is 0. The first kappa shape index (κ1) is 17.4. The van der Waals surface area contributed by atoms with Crippen LogP contribution >= 0.6 is 0 Å². The fourth-order valence-corrected chi connectivity index (χ4v) is 2.16. The highest BCUT2D eigenvalue weighted by atomic mass is 16.1. The van der Waals surface area contributed by atoms with E-state index < -0.39 is 5.54 Å². The molecule has 0 spiro atoms. The van der Waals surface area contributed by atoms with Crippen molar-refractivity contribution >= 4 is 5.91 Å². The molecule has 0 aromatic rings. The Morgan fingerprint density at radius 3 is 2.33 bits per heavy atom. The molecule has 3 N–H and O–H groups in total. The van der Waals surface area contributed by atoms with Crippen LogP contribution < -0.4 is 11.1 Å². The minimum Gasteiger partial charge on any atom is -0.368 e. The van der Waals surface area contributed by atoms with Crippen LogP contribution in [0.1, 0.15) is 47.5 Å². The minimum absolute atomic E-state index is 0.263. The fourth-order valence-electron chi connectivity index (χ4n) is 2.16. The number of nitrogens with zero attached hydrogens (tertiary/aromatic N) is 1. The molecule has 0 saturated carbocycles. The van der Waals surface area contributed by atoms with Gasteiger partial charge in [0.2, 0.25) is 5.91 Å². The predicted octanol–water partition coefficient (Wildman–Crippen LogP) is 1.60. The van der Waals surface area contributed by atoms with Gasteiger partial charge in [-0.05, 0) is 46.2 Å². The van der Waals surface area contributed by atoms with Crippen molar-refractivity contribution in [3.63, 3.8) is 0 Å². The maximum absolute atomic E-state index is 11.6. The predicted molar refractivity (Wildman–Crippen MR) is 77.4 cm³/mol. The molecular weight excluding hydrogens is 226 g/mol. The summed E-state index contributed by atoms with van der Waals surface area (Å²) in [5.41, 5.74) is 4.93. The van der Waals surface area contributed by atoms with E-state index in [1.807, 2.05) is 6.92 Å². The molecule has 4 heteroatoms. The molecule has 0 aliphatic heterocycles. The lowest BCUT2D eigenvalue weighted by Crippen LogP contribution is -2.56. The molecule has 0 bridgehead atoms. The number of amides is 1. The topological polar surface area (TPSA) is 58.4 Å². The number of rotatable bonds is 9. The number of hydrogen-bond donors (Lipinski definition) is 2. The third-order valence-electron chi connectivity index (χ3n) is 3.42. The zero-order valence-corrected chi connectivity index (χ0v) is 12.9. The van der Waals surface area contributed by atoms with Crippen molar-refractivity contribution in [2.45, 2.75) is 59.0 Å². The van der Waals surface area contributed by atoms with E-state index in [1.54, 1.807) is 0 Å². The Morgan fingerprint density at radius 2 is 1.94 bits per heavy atom. The lowest BCUT2D eigenvalue weighted by molar-refractivity contribution is -0.124. The SMILES string of the molecule is CCCNC(C)(CC(C)N(C)CC(C)C)C(N)=O. The summed E-state index contributed by atoms with van der Waals surface area (Å²) >= 11 is 0. The Labute approximate surface area is 112 Å². The quantitative estimate of drug-likeness (QED) is 0.659. The molecule has 2 unspecified atom stereocenters. The molecule has 0 aliphatic rings.